The Morgan fingerprint density at radius 1 is 1.33 bits per heavy atom. The van der Waals surface area contributed by atoms with Gasteiger partial charge in [-0.1, -0.05) is 28.1 Å². The van der Waals surface area contributed by atoms with E-state index in [0.29, 0.717) is 6.54 Å². The smallest absolute Gasteiger partial charge is 0.221 e. The number of halogens is 1. The molecular formula is C12H18BrN5. The summed E-state index contributed by atoms with van der Waals surface area (Å²) >= 11 is 3.39. The van der Waals surface area contributed by atoms with Crippen molar-refractivity contribution in [2.24, 2.45) is 16.5 Å². The third-order valence-corrected chi connectivity index (χ3v) is 2.93. The molecule has 98 valence electrons. The first-order valence-electron chi connectivity index (χ1n) is 5.59. The van der Waals surface area contributed by atoms with Crippen LogP contribution in [0.1, 0.15) is 19.4 Å². The maximum absolute atomic E-state index is 7.87. The van der Waals surface area contributed by atoms with Gasteiger partial charge in [-0.3, -0.25) is 5.41 Å². The van der Waals surface area contributed by atoms with Crippen LogP contribution in [0, 0.1) is 5.41 Å². The Kier molecular flexibility index (Phi) is 5.15. The summed E-state index contributed by atoms with van der Waals surface area (Å²) in [4.78, 5) is 5.61. The van der Waals surface area contributed by atoms with E-state index in [-0.39, 0.29) is 18.0 Å². The van der Waals surface area contributed by atoms with Gasteiger partial charge in [-0.2, -0.15) is 4.99 Å². The number of aliphatic imine (C=N–C) groups is 1. The zero-order chi connectivity index (χ0) is 13.7. The van der Waals surface area contributed by atoms with Crippen LogP contribution in [0.2, 0.25) is 0 Å². The lowest BCUT2D eigenvalue weighted by Crippen LogP contribution is -2.37. The molecule has 0 spiro atoms. The summed E-state index contributed by atoms with van der Waals surface area (Å²) in [6.07, 6.45) is 0. The topological polar surface area (TPSA) is 91.5 Å². The molecule has 0 aromatic heterocycles. The lowest BCUT2D eigenvalue weighted by atomic mass is 10.2. The number of nitrogens with one attached hydrogen (secondary N) is 1. The highest BCUT2D eigenvalue weighted by Crippen LogP contribution is 2.14. The average molecular weight is 312 g/mol. The molecule has 1 rings (SSSR count). The third kappa shape index (κ3) is 4.37. The summed E-state index contributed by atoms with van der Waals surface area (Å²) in [6, 6.07) is 8.09. The molecule has 5 N–H and O–H groups in total. The normalized spacial score (nSPS) is 10.2. The molecule has 0 heterocycles. The van der Waals surface area contributed by atoms with Crippen molar-refractivity contribution in [1.29, 1.82) is 5.41 Å². The van der Waals surface area contributed by atoms with Gasteiger partial charge in [0.1, 0.15) is 0 Å². The van der Waals surface area contributed by atoms with Crippen LogP contribution >= 0.6 is 15.9 Å². The first-order chi connectivity index (χ1) is 8.40. The standard InChI is InChI=1S/C12H18BrN5/c1-8(2)18(12(16)17-11(14)15)7-9-3-5-10(13)6-4-9/h3-6,8H,7H2,1-2H3,(H5,14,15,16,17). The maximum atomic E-state index is 7.87. The van der Waals surface area contributed by atoms with Crippen molar-refractivity contribution in [2.75, 3.05) is 0 Å². The fourth-order valence-corrected chi connectivity index (χ4v) is 1.74. The van der Waals surface area contributed by atoms with Crippen LogP contribution in [0.25, 0.3) is 0 Å². The summed E-state index contributed by atoms with van der Waals surface area (Å²) < 4.78 is 1.03. The minimum atomic E-state index is -0.0959. The van der Waals surface area contributed by atoms with Crippen molar-refractivity contribution < 1.29 is 0 Å². The predicted octanol–water partition coefficient (Wildman–Crippen LogP) is 1.87. The molecule has 1 aromatic carbocycles. The zero-order valence-electron chi connectivity index (χ0n) is 10.5. The van der Waals surface area contributed by atoms with E-state index in [1.165, 1.54) is 0 Å². The van der Waals surface area contributed by atoms with Crippen LogP contribution < -0.4 is 11.5 Å². The molecule has 18 heavy (non-hydrogen) atoms. The van der Waals surface area contributed by atoms with E-state index in [2.05, 4.69) is 20.9 Å². The molecule has 0 unspecified atom stereocenters. The number of hydrogen-bond donors (Lipinski definition) is 3. The highest BCUT2D eigenvalue weighted by molar-refractivity contribution is 9.10. The van der Waals surface area contributed by atoms with Gasteiger partial charge in [0.05, 0.1) is 0 Å². The molecule has 5 nitrogen and oxygen atoms in total. The van der Waals surface area contributed by atoms with Gasteiger partial charge in [0.25, 0.3) is 0 Å². The zero-order valence-corrected chi connectivity index (χ0v) is 12.1. The van der Waals surface area contributed by atoms with Gasteiger partial charge < -0.3 is 16.4 Å². The minimum absolute atomic E-state index is 0.0768. The molecule has 0 saturated heterocycles. The Morgan fingerprint density at radius 2 is 1.89 bits per heavy atom. The SMILES string of the molecule is CC(C)N(Cc1ccc(Br)cc1)C(=N)N=C(N)N. The highest BCUT2D eigenvalue weighted by Gasteiger charge is 2.13. The van der Waals surface area contributed by atoms with Crippen molar-refractivity contribution in [3.8, 4) is 0 Å². The Labute approximate surface area is 116 Å². The van der Waals surface area contributed by atoms with E-state index in [9.17, 15) is 0 Å². The largest absolute Gasteiger partial charge is 0.370 e. The Hall–Kier alpha value is -1.56. The first kappa shape index (κ1) is 14.5. The average Bonchev–Trinajstić information content (AvgIpc) is 2.26. The lowest BCUT2D eigenvalue weighted by molar-refractivity contribution is 0.337. The maximum Gasteiger partial charge on any atom is 0.221 e. The van der Waals surface area contributed by atoms with Crippen molar-refractivity contribution in [3.63, 3.8) is 0 Å². The van der Waals surface area contributed by atoms with Crippen LogP contribution in [0.3, 0.4) is 0 Å². The lowest BCUT2D eigenvalue weighted by Gasteiger charge is -2.26. The van der Waals surface area contributed by atoms with E-state index in [0.717, 1.165) is 10.0 Å². The fraction of sp³-hybridized carbons (Fsp3) is 0.333. The summed E-state index contributed by atoms with van der Waals surface area (Å²) in [5.74, 6) is -0.0191. The number of rotatable bonds is 3. The van der Waals surface area contributed by atoms with Crippen LogP contribution in [0.4, 0.5) is 0 Å². The molecule has 0 saturated carbocycles. The number of nitrogens with zero attached hydrogens (tertiary/aromatic N) is 2. The number of hydrogen-bond acceptors (Lipinski definition) is 1. The van der Waals surface area contributed by atoms with Crippen molar-refractivity contribution >= 4 is 27.8 Å². The molecule has 0 aliphatic rings. The first-order valence-corrected chi connectivity index (χ1v) is 6.38. The molecule has 0 bridgehead atoms. The van der Waals surface area contributed by atoms with Crippen LogP contribution in [0.5, 0.6) is 0 Å². The summed E-state index contributed by atoms with van der Waals surface area (Å²) in [7, 11) is 0. The molecule has 6 heteroatoms. The van der Waals surface area contributed by atoms with Gasteiger partial charge in [0.2, 0.25) is 5.96 Å². The fourth-order valence-electron chi connectivity index (χ4n) is 1.48. The molecule has 0 fully saturated rings. The third-order valence-electron chi connectivity index (χ3n) is 2.40. The van der Waals surface area contributed by atoms with Gasteiger partial charge in [0, 0.05) is 17.1 Å². The molecule has 0 radical (unpaired) electrons. The molecular weight excluding hydrogens is 294 g/mol. The summed E-state index contributed by atoms with van der Waals surface area (Å²) in [6.45, 7) is 4.59. The van der Waals surface area contributed by atoms with E-state index < -0.39 is 0 Å². The van der Waals surface area contributed by atoms with Gasteiger partial charge >= 0.3 is 0 Å². The van der Waals surface area contributed by atoms with Gasteiger partial charge in [-0.05, 0) is 31.5 Å². The van der Waals surface area contributed by atoms with Crippen molar-refractivity contribution in [1.82, 2.24) is 4.90 Å². The van der Waals surface area contributed by atoms with Gasteiger partial charge in [0.15, 0.2) is 5.96 Å². The van der Waals surface area contributed by atoms with Gasteiger partial charge in [-0.25, -0.2) is 0 Å². The van der Waals surface area contributed by atoms with E-state index in [4.69, 9.17) is 16.9 Å². The Balaban J connectivity index is 2.84. The predicted molar refractivity (Wildman–Crippen MR) is 78.4 cm³/mol. The number of nitrogens with two attached hydrogens (primary N) is 2. The second kappa shape index (κ2) is 6.39. The molecule has 0 atom stereocenters. The monoisotopic (exact) mass is 311 g/mol. The highest BCUT2D eigenvalue weighted by atomic mass is 79.9. The second-order valence-corrected chi connectivity index (χ2v) is 5.12. The number of guanidine groups is 2. The van der Waals surface area contributed by atoms with E-state index >= 15 is 0 Å². The van der Waals surface area contributed by atoms with Gasteiger partial charge in [-0.15, -0.1) is 0 Å². The molecule has 0 aliphatic carbocycles. The molecule has 1 aromatic rings. The van der Waals surface area contributed by atoms with Crippen LogP contribution in [0.15, 0.2) is 33.7 Å². The van der Waals surface area contributed by atoms with E-state index in [1.807, 2.05) is 43.0 Å². The van der Waals surface area contributed by atoms with Crippen molar-refractivity contribution in [2.45, 2.75) is 26.4 Å². The Bertz CT molecular complexity index is 434. The molecule has 0 amide bonds. The quantitative estimate of drug-likeness (QED) is 0.588. The number of benzene rings is 1. The van der Waals surface area contributed by atoms with Crippen LogP contribution in [-0.2, 0) is 6.54 Å². The Morgan fingerprint density at radius 3 is 2.33 bits per heavy atom. The van der Waals surface area contributed by atoms with E-state index in [1.54, 1.807) is 0 Å². The summed E-state index contributed by atoms with van der Waals surface area (Å²) in [5.41, 5.74) is 11.7. The van der Waals surface area contributed by atoms with Crippen molar-refractivity contribution in [3.05, 3.63) is 34.3 Å². The minimum Gasteiger partial charge on any atom is -0.370 e. The summed E-state index contributed by atoms with van der Waals surface area (Å²) in [5, 5.41) is 7.87. The molecule has 0 aliphatic heterocycles. The van der Waals surface area contributed by atoms with Crippen LogP contribution in [-0.4, -0.2) is 22.9 Å². The second-order valence-electron chi connectivity index (χ2n) is 4.21.